The SMILES string of the molecule is CNC(=O)c1cc(-n2ncnc2[C@H](C)NC(=O)c2cc(Br)cc(OC(F)F)c2)ncn1. The number of hydrogen-bond donors (Lipinski definition) is 2. The molecule has 0 aliphatic carbocycles. The number of aromatic nitrogens is 5. The molecule has 1 aromatic carbocycles. The first-order chi connectivity index (χ1) is 14.8. The van der Waals surface area contributed by atoms with Crippen LogP contribution in [0.1, 0.15) is 39.6 Å². The van der Waals surface area contributed by atoms with E-state index < -0.39 is 24.5 Å². The maximum Gasteiger partial charge on any atom is 0.387 e. The highest BCUT2D eigenvalue weighted by atomic mass is 79.9. The van der Waals surface area contributed by atoms with E-state index in [0.717, 1.165) is 0 Å². The Kier molecular flexibility index (Phi) is 6.84. The Balaban J connectivity index is 1.82. The third-order valence-corrected chi connectivity index (χ3v) is 4.45. The molecule has 0 saturated carbocycles. The minimum Gasteiger partial charge on any atom is -0.435 e. The fourth-order valence-corrected chi connectivity index (χ4v) is 3.12. The number of carbonyl (C=O) groups is 2. The van der Waals surface area contributed by atoms with Crippen molar-refractivity contribution in [2.75, 3.05) is 7.05 Å². The molecule has 0 saturated heterocycles. The van der Waals surface area contributed by atoms with Crippen molar-refractivity contribution >= 4 is 27.7 Å². The molecule has 0 aliphatic rings. The van der Waals surface area contributed by atoms with Gasteiger partial charge in [0.25, 0.3) is 11.8 Å². The van der Waals surface area contributed by atoms with E-state index in [1.807, 2.05) is 0 Å². The van der Waals surface area contributed by atoms with E-state index in [9.17, 15) is 18.4 Å². The van der Waals surface area contributed by atoms with Gasteiger partial charge >= 0.3 is 6.61 Å². The van der Waals surface area contributed by atoms with Crippen molar-refractivity contribution in [3.05, 3.63) is 58.5 Å². The number of halogens is 3. The molecule has 13 heteroatoms. The van der Waals surface area contributed by atoms with E-state index in [1.165, 1.54) is 48.6 Å². The van der Waals surface area contributed by atoms with Crippen molar-refractivity contribution in [3.63, 3.8) is 0 Å². The Labute approximate surface area is 183 Å². The molecule has 10 nitrogen and oxygen atoms in total. The van der Waals surface area contributed by atoms with Gasteiger partial charge in [-0.2, -0.15) is 18.6 Å². The zero-order valence-electron chi connectivity index (χ0n) is 16.2. The van der Waals surface area contributed by atoms with Gasteiger partial charge in [-0.3, -0.25) is 9.59 Å². The topological polar surface area (TPSA) is 124 Å². The van der Waals surface area contributed by atoms with E-state index in [4.69, 9.17) is 0 Å². The third-order valence-electron chi connectivity index (χ3n) is 4.00. The minimum absolute atomic E-state index is 0.104. The molecule has 2 N–H and O–H groups in total. The van der Waals surface area contributed by atoms with Gasteiger partial charge in [-0.1, -0.05) is 15.9 Å². The van der Waals surface area contributed by atoms with E-state index in [-0.39, 0.29) is 22.8 Å². The molecule has 0 aliphatic heterocycles. The molecule has 2 heterocycles. The van der Waals surface area contributed by atoms with Gasteiger partial charge in [0.15, 0.2) is 11.6 Å². The lowest BCUT2D eigenvalue weighted by Gasteiger charge is -2.15. The summed E-state index contributed by atoms with van der Waals surface area (Å²) in [5.41, 5.74) is 0.234. The average molecular weight is 496 g/mol. The third kappa shape index (κ3) is 5.36. The van der Waals surface area contributed by atoms with Crippen LogP contribution in [0, 0.1) is 0 Å². The summed E-state index contributed by atoms with van der Waals surface area (Å²) in [5, 5.41) is 9.28. The maximum atomic E-state index is 12.7. The van der Waals surface area contributed by atoms with Gasteiger partial charge in [-0.25, -0.2) is 15.0 Å². The Morgan fingerprint density at radius 1 is 1.10 bits per heavy atom. The van der Waals surface area contributed by atoms with Gasteiger partial charge in [0.2, 0.25) is 0 Å². The molecule has 3 rings (SSSR count). The number of nitrogens with zero attached hydrogens (tertiary/aromatic N) is 5. The lowest BCUT2D eigenvalue weighted by molar-refractivity contribution is -0.0499. The van der Waals surface area contributed by atoms with Crippen LogP contribution in [0.3, 0.4) is 0 Å². The standard InChI is InChI=1S/C18H16BrF2N7O3/c1-9(27-16(29)10-3-11(19)5-12(4-10)31-18(20)21)15-25-8-26-28(15)14-6-13(17(30)22-2)23-7-24-14/h3-9,18H,1-2H3,(H,22,30)(H,27,29)/t9-/m0/s1. The van der Waals surface area contributed by atoms with Crippen molar-refractivity contribution in [1.82, 2.24) is 35.4 Å². The van der Waals surface area contributed by atoms with Crippen molar-refractivity contribution in [2.45, 2.75) is 19.6 Å². The summed E-state index contributed by atoms with van der Waals surface area (Å²) in [6.07, 6.45) is 2.48. The van der Waals surface area contributed by atoms with Gasteiger partial charge in [0.05, 0.1) is 6.04 Å². The molecule has 162 valence electrons. The highest BCUT2D eigenvalue weighted by Gasteiger charge is 2.20. The van der Waals surface area contributed by atoms with Gasteiger partial charge in [0.1, 0.15) is 24.1 Å². The summed E-state index contributed by atoms with van der Waals surface area (Å²) in [6, 6.07) is 4.76. The van der Waals surface area contributed by atoms with E-state index >= 15 is 0 Å². The van der Waals surface area contributed by atoms with Gasteiger partial charge in [-0.15, -0.1) is 0 Å². The fraction of sp³-hybridized carbons (Fsp3) is 0.222. The van der Waals surface area contributed by atoms with Gasteiger partial charge < -0.3 is 15.4 Å². The molecule has 1 atom stereocenters. The summed E-state index contributed by atoms with van der Waals surface area (Å²) in [7, 11) is 1.47. The number of ether oxygens (including phenoxy) is 1. The van der Waals surface area contributed by atoms with Crippen molar-refractivity contribution < 1.29 is 23.1 Å². The lowest BCUT2D eigenvalue weighted by Crippen LogP contribution is -2.29. The maximum absolute atomic E-state index is 12.7. The van der Waals surface area contributed by atoms with Crippen molar-refractivity contribution in [2.24, 2.45) is 0 Å². The number of rotatable bonds is 7. The van der Waals surface area contributed by atoms with Crippen LogP contribution in [-0.2, 0) is 0 Å². The van der Waals surface area contributed by atoms with Crippen LogP contribution in [0.4, 0.5) is 8.78 Å². The predicted octanol–water partition coefficient (Wildman–Crippen LogP) is 2.27. The summed E-state index contributed by atoms with van der Waals surface area (Å²) < 4.78 is 31.1. The molecular weight excluding hydrogens is 480 g/mol. The summed E-state index contributed by atoms with van der Waals surface area (Å²) in [5.74, 6) is -0.501. The van der Waals surface area contributed by atoms with E-state index in [2.05, 4.69) is 51.4 Å². The number of alkyl halides is 2. The molecule has 0 radical (unpaired) electrons. The van der Waals surface area contributed by atoms with E-state index in [1.54, 1.807) is 6.92 Å². The molecule has 2 amide bonds. The first-order valence-corrected chi connectivity index (χ1v) is 9.58. The smallest absolute Gasteiger partial charge is 0.387 e. The van der Waals surface area contributed by atoms with E-state index in [0.29, 0.717) is 10.3 Å². The Morgan fingerprint density at radius 2 is 1.87 bits per heavy atom. The Morgan fingerprint density at radius 3 is 2.58 bits per heavy atom. The lowest BCUT2D eigenvalue weighted by atomic mass is 10.2. The zero-order valence-corrected chi connectivity index (χ0v) is 17.8. The summed E-state index contributed by atoms with van der Waals surface area (Å²) in [6.45, 7) is -1.36. The Bertz CT molecular complexity index is 1110. The molecule has 0 spiro atoms. The number of hydrogen-bond acceptors (Lipinski definition) is 7. The van der Waals surface area contributed by atoms with Gasteiger partial charge in [-0.05, 0) is 25.1 Å². The molecule has 2 aromatic heterocycles. The van der Waals surface area contributed by atoms with Crippen LogP contribution in [0.15, 0.2) is 41.4 Å². The van der Waals surface area contributed by atoms with Crippen LogP contribution in [0.2, 0.25) is 0 Å². The molecule has 0 bridgehead atoms. The molecule has 31 heavy (non-hydrogen) atoms. The van der Waals surface area contributed by atoms with Crippen molar-refractivity contribution in [3.8, 4) is 11.6 Å². The summed E-state index contributed by atoms with van der Waals surface area (Å²) in [4.78, 5) is 36.6. The second-order valence-electron chi connectivity index (χ2n) is 6.12. The monoisotopic (exact) mass is 495 g/mol. The molecule has 0 unspecified atom stereocenters. The highest BCUT2D eigenvalue weighted by molar-refractivity contribution is 9.10. The van der Waals surface area contributed by atoms with Crippen LogP contribution >= 0.6 is 15.9 Å². The van der Waals surface area contributed by atoms with Crippen LogP contribution in [0.25, 0.3) is 5.82 Å². The second-order valence-corrected chi connectivity index (χ2v) is 7.04. The highest BCUT2D eigenvalue weighted by Crippen LogP contribution is 2.24. The first-order valence-electron chi connectivity index (χ1n) is 8.79. The largest absolute Gasteiger partial charge is 0.435 e. The van der Waals surface area contributed by atoms with Crippen LogP contribution < -0.4 is 15.4 Å². The fourth-order valence-electron chi connectivity index (χ4n) is 2.65. The minimum atomic E-state index is -3.02. The number of benzene rings is 1. The number of amides is 2. The normalized spacial score (nSPS) is 11.8. The zero-order chi connectivity index (χ0) is 22.5. The number of carbonyl (C=O) groups excluding carboxylic acids is 2. The van der Waals surface area contributed by atoms with Gasteiger partial charge in [0, 0.05) is 23.2 Å². The number of nitrogens with one attached hydrogen (secondary N) is 2. The second kappa shape index (κ2) is 9.55. The predicted molar refractivity (Wildman–Crippen MR) is 107 cm³/mol. The van der Waals surface area contributed by atoms with Crippen molar-refractivity contribution in [1.29, 1.82) is 0 Å². The molecular formula is C18H16BrF2N7O3. The average Bonchev–Trinajstić information content (AvgIpc) is 3.22. The molecule has 0 fully saturated rings. The Hall–Kier alpha value is -3.48. The van der Waals surface area contributed by atoms with Crippen LogP contribution in [0.5, 0.6) is 5.75 Å². The van der Waals surface area contributed by atoms with Crippen LogP contribution in [-0.4, -0.2) is 50.2 Å². The first kappa shape index (κ1) is 22.2. The quantitative estimate of drug-likeness (QED) is 0.515. The summed E-state index contributed by atoms with van der Waals surface area (Å²) >= 11 is 3.16. The molecule has 3 aromatic rings.